The number of ether oxygens (including phenoxy) is 1. The molecule has 0 saturated heterocycles. The number of nitrogens with one attached hydrogen (secondary N) is 1. The third-order valence-corrected chi connectivity index (χ3v) is 2.76. The smallest absolute Gasteiger partial charge is 0.308 e. The third-order valence-electron chi connectivity index (χ3n) is 2.76. The lowest BCUT2D eigenvalue weighted by Crippen LogP contribution is -2.35. The summed E-state index contributed by atoms with van der Waals surface area (Å²) in [5.74, 6) is -0.634. The van der Waals surface area contributed by atoms with Gasteiger partial charge in [0.05, 0.1) is 25.6 Å². The summed E-state index contributed by atoms with van der Waals surface area (Å²) in [6.07, 6.45) is 0.102. The van der Waals surface area contributed by atoms with Gasteiger partial charge >= 0.3 is 5.97 Å². The molecule has 1 aromatic carbocycles. The van der Waals surface area contributed by atoms with Crippen molar-refractivity contribution in [3.05, 3.63) is 35.4 Å². The Balaban J connectivity index is 0.00000361. The van der Waals surface area contributed by atoms with E-state index in [0.717, 1.165) is 11.1 Å². The van der Waals surface area contributed by atoms with Crippen molar-refractivity contribution in [2.24, 2.45) is 5.73 Å². The normalized spacial score (nSPS) is 11.2. The topological polar surface area (TPSA) is 81.4 Å². The van der Waals surface area contributed by atoms with Gasteiger partial charge in [-0.1, -0.05) is 24.3 Å². The van der Waals surface area contributed by atoms with Crippen LogP contribution in [0.3, 0.4) is 0 Å². The monoisotopic (exact) mass is 300 g/mol. The summed E-state index contributed by atoms with van der Waals surface area (Å²) < 4.78 is 4.93. The Labute approximate surface area is 125 Å². The molecule has 6 heteroatoms. The number of rotatable bonds is 6. The summed E-state index contributed by atoms with van der Waals surface area (Å²) >= 11 is 0. The van der Waals surface area contributed by atoms with Gasteiger partial charge in [-0.2, -0.15) is 0 Å². The van der Waals surface area contributed by atoms with Crippen LogP contribution in [0.1, 0.15) is 30.5 Å². The zero-order valence-electron chi connectivity index (χ0n) is 11.7. The van der Waals surface area contributed by atoms with E-state index in [1.165, 1.54) is 0 Å². The molecule has 0 spiro atoms. The Morgan fingerprint density at radius 3 is 2.55 bits per heavy atom. The Bertz CT molecular complexity index is 452. The first-order chi connectivity index (χ1) is 9.08. The van der Waals surface area contributed by atoms with Gasteiger partial charge in [-0.25, -0.2) is 0 Å². The maximum absolute atomic E-state index is 11.6. The average molecular weight is 301 g/mol. The molecule has 5 nitrogen and oxygen atoms in total. The predicted molar refractivity (Wildman–Crippen MR) is 79.6 cm³/mol. The highest BCUT2D eigenvalue weighted by Gasteiger charge is 2.19. The minimum atomic E-state index is -0.406. The number of benzene rings is 1. The van der Waals surface area contributed by atoms with Crippen LogP contribution in [0.15, 0.2) is 24.3 Å². The largest absolute Gasteiger partial charge is 0.466 e. The number of halogens is 1. The molecular formula is C14H21ClN2O3. The van der Waals surface area contributed by atoms with Crippen LogP contribution in [0.25, 0.3) is 0 Å². The summed E-state index contributed by atoms with van der Waals surface area (Å²) in [7, 11) is 0. The standard InChI is InChI=1S/C14H20N2O3.ClH/c1-3-19-14(18)8-12(16-13(17)9-15)11-7-5-4-6-10(11)2;/h4-7,12H,3,8-9,15H2,1-2H3,(H,16,17);1H. The van der Waals surface area contributed by atoms with Crippen LogP contribution >= 0.6 is 12.4 Å². The molecule has 0 saturated carbocycles. The molecule has 1 rings (SSSR count). The van der Waals surface area contributed by atoms with Crippen LogP contribution in [0, 0.1) is 6.92 Å². The Kier molecular flexibility index (Phi) is 8.59. The zero-order chi connectivity index (χ0) is 14.3. The van der Waals surface area contributed by atoms with Gasteiger partial charge in [0.15, 0.2) is 0 Å². The van der Waals surface area contributed by atoms with Crippen molar-refractivity contribution in [3.63, 3.8) is 0 Å². The second kappa shape index (κ2) is 9.34. The van der Waals surface area contributed by atoms with Gasteiger partial charge in [-0.3, -0.25) is 9.59 Å². The minimum Gasteiger partial charge on any atom is -0.466 e. The van der Waals surface area contributed by atoms with E-state index in [1.807, 2.05) is 31.2 Å². The Hall–Kier alpha value is -1.59. The summed E-state index contributed by atoms with van der Waals surface area (Å²) in [6, 6.07) is 7.19. The van der Waals surface area contributed by atoms with E-state index in [0.29, 0.717) is 6.61 Å². The first-order valence-electron chi connectivity index (χ1n) is 6.29. The summed E-state index contributed by atoms with van der Waals surface area (Å²) in [6.45, 7) is 3.90. The summed E-state index contributed by atoms with van der Waals surface area (Å²) in [4.78, 5) is 23.1. The van der Waals surface area contributed by atoms with Gasteiger partial charge < -0.3 is 15.8 Å². The van der Waals surface area contributed by atoms with Crippen molar-refractivity contribution in [1.82, 2.24) is 5.32 Å². The van der Waals surface area contributed by atoms with Crippen LogP contribution in [0.4, 0.5) is 0 Å². The molecule has 0 heterocycles. The fraction of sp³-hybridized carbons (Fsp3) is 0.429. The number of hydrogen-bond acceptors (Lipinski definition) is 4. The Morgan fingerprint density at radius 2 is 2.00 bits per heavy atom. The van der Waals surface area contributed by atoms with Crippen molar-refractivity contribution in [2.75, 3.05) is 13.2 Å². The van der Waals surface area contributed by atoms with Crippen LogP contribution in [0.5, 0.6) is 0 Å². The van der Waals surface area contributed by atoms with Crippen LogP contribution in [-0.4, -0.2) is 25.0 Å². The highest BCUT2D eigenvalue weighted by atomic mass is 35.5. The van der Waals surface area contributed by atoms with Gasteiger partial charge in [0.25, 0.3) is 0 Å². The SMILES string of the molecule is CCOC(=O)CC(NC(=O)CN)c1ccccc1C.Cl. The molecule has 112 valence electrons. The molecule has 0 aromatic heterocycles. The lowest BCUT2D eigenvalue weighted by molar-refractivity contribution is -0.143. The third kappa shape index (κ3) is 5.59. The van der Waals surface area contributed by atoms with Crippen molar-refractivity contribution in [2.45, 2.75) is 26.3 Å². The van der Waals surface area contributed by atoms with E-state index >= 15 is 0 Å². The van der Waals surface area contributed by atoms with Gasteiger partial charge in [0, 0.05) is 0 Å². The molecule has 0 radical (unpaired) electrons. The maximum atomic E-state index is 11.6. The van der Waals surface area contributed by atoms with Crippen molar-refractivity contribution < 1.29 is 14.3 Å². The lowest BCUT2D eigenvalue weighted by Gasteiger charge is -2.20. The number of carbonyl (C=O) groups excluding carboxylic acids is 2. The average Bonchev–Trinajstić information content (AvgIpc) is 2.38. The van der Waals surface area contributed by atoms with E-state index in [9.17, 15) is 9.59 Å². The maximum Gasteiger partial charge on any atom is 0.308 e. The molecule has 1 unspecified atom stereocenters. The Morgan fingerprint density at radius 1 is 1.35 bits per heavy atom. The van der Waals surface area contributed by atoms with Gasteiger partial charge in [-0.05, 0) is 25.0 Å². The zero-order valence-corrected chi connectivity index (χ0v) is 12.5. The molecule has 0 aliphatic rings. The molecule has 1 amide bonds. The molecule has 1 atom stereocenters. The lowest BCUT2D eigenvalue weighted by atomic mass is 9.98. The number of aryl methyl sites for hydroxylation is 1. The fourth-order valence-electron chi connectivity index (χ4n) is 1.86. The molecule has 3 N–H and O–H groups in total. The van der Waals surface area contributed by atoms with Crippen LogP contribution in [0.2, 0.25) is 0 Å². The first-order valence-corrected chi connectivity index (χ1v) is 6.29. The second-order valence-electron chi connectivity index (χ2n) is 4.19. The van der Waals surface area contributed by atoms with Gasteiger partial charge in [0.2, 0.25) is 5.91 Å². The molecule has 0 aliphatic heterocycles. The van der Waals surface area contributed by atoms with Crippen LogP contribution < -0.4 is 11.1 Å². The number of carbonyl (C=O) groups is 2. The van der Waals surface area contributed by atoms with Crippen molar-refractivity contribution in [1.29, 1.82) is 0 Å². The highest BCUT2D eigenvalue weighted by molar-refractivity contribution is 5.85. The van der Waals surface area contributed by atoms with E-state index in [2.05, 4.69) is 5.32 Å². The molecule has 0 fully saturated rings. The van der Waals surface area contributed by atoms with Gasteiger partial charge in [0.1, 0.15) is 0 Å². The molecule has 20 heavy (non-hydrogen) atoms. The van der Waals surface area contributed by atoms with E-state index in [1.54, 1.807) is 6.92 Å². The molecule has 0 bridgehead atoms. The van der Waals surface area contributed by atoms with E-state index in [-0.39, 0.29) is 37.2 Å². The fourth-order valence-corrected chi connectivity index (χ4v) is 1.86. The van der Waals surface area contributed by atoms with E-state index in [4.69, 9.17) is 10.5 Å². The summed E-state index contributed by atoms with van der Waals surface area (Å²) in [5.41, 5.74) is 7.21. The number of hydrogen-bond donors (Lipinski definition) is 2. The van der Waals surface area contributed by atoms with Crippen LogP contribution in [-0.2, 0) is 14.3 Å². The quantitative estimate of drug-likeness (QED) is 0.780. The molecule has 0 aliphatic carbocycles. The van der Waals surface area contributed by atoms with E-state index < -0.39 is 6.04 Å². The number of nitrogens with two attached hydrogens (primary N) is 1. The predicted octanol–water partition coefficient (Wildman–Crippen LogP) is 1.49. The first kappa shape index (κ1) is 18.4. The number of esters is 1. The molecule has 1 aromatic rings. The second-order valence-corrected chi connectivity index (χ2v) is 4.19. The highest BCUT2D eigenvalue weighted by Crippen LogP contribution is 2.21. The molecular weight excluding hydrogens is 280 g/mol. The minimum absolute atomic E-state index is 0. The number of amides is 1. The summed E-state index contributed by atoms with van der Waals surface area (Å²) in [5, 5.41) is 2.75. The van der Waals surface area contributed by atoms with Crippen molar-refractivity contribution >= 4 is 24.3 Å². The van der Waals surface area contributed by atoms with Gasteiger partial charge in [-0.15, -0.1) is 12.4 Å². The van der Waals surface area contributed by atoms with Crippen molar-refractivity contribution in [3.8, 4) is 0 Å².